The molecule has 0 amide bonds. The zero-order valence-electron chi connectivity index (χ0n) is 33.5. The van der Waals surface area contributed by atoms with E-state index in [4.69, 9.17) is 63.2 Å². The van der Waals surface area contributed by atoms with Gasteiger partial charge in [-0.15, -0.1) is 0 Å². The summed E-state index contributed by atoms with van der Waals surface area (Å²) in [5.41, 5.74) is 11.2. The van der Waals surface area contributed by atoms with Gasteiger partial charge in [-0.3, -0.25) is 15.3 Å². The Balaban J connectivity index is 0.000000115. The van der Waals surface area contributed by atoms with E-state index in [0.29, 0.717) is 15.1 Å². The maximum absolute atomic E-state index is 6.05. The number of halogens is 5. The smallest absolute Gasteiger partial charge is 0.231 e. The highest BCUT2D eigenvalue weighted by molar-refractivity contribution is 9.13. The first-order valence-corrected chi connectivity index (χ1v) is 22.5. The third-order valence-corrected chi connectivity index (χ3v) is 13.2. The van der Waals surface area contributed by atoms with Crippen molar-refractivity contribution in [3.05, 3.63) is 157 Å². The molecule has 17 heteroatoms. The Bertz CT molecular complexity index is 3070. The van der Waals surface area contributed by atoms with Crippen LogP contribution in [-0.2, 0) is 0 Å². The van der Waals surface area contributed by atoms with Crippen LogP contribution in [0.4, 0.5) is 0 Å². The molecule has 12 nitrogen and oxygen atoms in total. The van der Waals surface area contributed by atoms with Crippen molar-refractivity contribution in [3.8, 4) is 102 Å². The Morgan fingerprint density at radius 3 is 1.23 bits per heavy atom. The number of hydrogen-bond acceptors (Lipinski definition) is 9. The molecule has 0 radical (unpaired) electrons. The Morgan fingerprint density at radius 2 is 0.785 bits per heavy atom. The molecule has 0 unspecified atom stereocenters. The molecule has 6 aromatic carbocycles. The molecule has 12 rings (SSSR count). The molecule has 3 N–H and O–H groups in total. The topological polar surface area (TPSA) is 141 Å². The van der Waals surface area contributed by atoms with E-state index in [1.165, 1.54) is 0 Å². The number of aromatic nitrogens is 6. The molecular formula is C48H31Br2Cl3N6O6. The monoisotopic (exact) mass is 1050 g/mol. The Kier molecular flexibility index (Phi) is 12.2. The van der Waals surface area contributed by atoms with Gasteiger partial charge in [0.1, 0.15) is 0 Å². The van der Waals surface area contributed by atoms with Gasteiger partial charge in [0.25, 0.3) is 0 Å². The van der Waals surface area contributed by atoms with Crippen LogP contribution in [-0.4, -0.2) is 51.0 Å². The molecule has 0 saturated carbocycles. The summed E-state index contributed by atoms with van der Waals surface area (Å²) in [5.74, 6) is 4.57. The lowest BCUT2D eigenvalue weighted by Crippen LogP contribution is -1.92. The molecule has 0 aliphatic carbocycles. The fourth-order valence-electron chi connectivity index (χ4n) is 7.00. The molecule has 0 saturated heterocycles. The lowest BCUT2D eigenvalue weighted by atomic mass is 10.1. The average Bonchev–Trinajstić information content (AvgIpc) is 4.18. The van der Waals surface area contributed by atoms with E-state index in [-0.39, 0.29) is 20.4 Å². The summed E-state index contributed by atoms with van der Waals surface area (Å²) in [6, 6.07) is 42.5. The van der Waals surface area contributed by atoms with Gasteiger partial charge in [-0.1, -0.05) is 59.1 Å². The highest BCUT2D eigenvalue weighted by atomic mass is 79.9. The largest absolute Gasteiger partial charge is 0.454 e. The Morgan fingerprint density at radius 1 is 0.369 bits per heavy atom. The first-order chi connectivity index (χ1) is 31.7. The van der Waals surface area contributed by atoms with E-state index in [9.17, 15) is 0 Å². The van der Waals surface area contributed by atoms with E-state index < -0.39 is 0 Å². The van der Waals surface area contributed by atoms with Gasteiger partial charge in [0, 0.05) is 47.3 Å². The van der Waals surface area contributed by atoms with E-state index in [0.717, 1.165) is 111 Å². The second kappa shape index (κ2) is 18.6. The van der Waals surface area contributed by atoms with Crippen LogP contribution >= 0.6 is 66.7 Å². The predicted molar refractivity (Wildman–Crippen MR) is 257 cm³/mol. The predicted octanol–water partition coefficient (Wildman–Crippen LogP) is 13.9. The summed E-state index contributed by atoms with van der Waals surface area (Å²) < 4.78 is 34.2. The van der Waals surface area contributed by atoms with Gasteiger partial charge in [-0.2, -0.15) is 15.3 Å². The number of hydrogen-bond donors (Lipinski definition) is 3. The molecule has 9 aromatic rings. The zero-order chi connectivity index (χ0) is 44.4. The van der Waals surface area contributed by atoms with Crippen LogP contribution in [0.25, 0.3) is 67.5 Å². The summed E-state index contributed by atoms with van der Waals surface area (Å²) in [5, 5.41) is 23.9. The van der Waals surface area contributed by atoms with Crippen molar-refractivity contribution in [2.45, 2.75) is 0 Å². The van der Waals surface area contributed by atoms with E-state index >= 15 is 0 Å². The van der Waals surface area contributed by atoms with Crippen LogP contribution in [0.5, 0.6) is 34.5 Å². The number of nitrogens with one attached hydrogen (secondary N) is 3. The molecule has 3 aliphatic heterocycles. The summed E-state index contributed by atoms with van der Waals surface area (Å²) in [6.45, 7) is 0.811. The summed E-state index contributed by atoms with van der Waals surface area (Å²) in [7, 11) is 0. The van der Waals surface area contributed by atoms with Gasteiger partial charge < -0.3 is 28.4 Å². The van der Waals surface area contributed by atoms with Gasteiger partial charge in [-0.05, 0) is 141 Å². The van der Waals surface area contributed by atoms with Crippen molar-refractivity contribution in [2.75, 3.05) is 20.4 Å². The van der Waals surface area contributed by atoms with E-state index in [2.05, 4.69) is 62.5 Å². The summed E-state index contributed by atoms with van der Waals surface area (Å²) in [4.78, 5) is 0. The van der Waals surface area contributed by atoms with Gasteiger partial charge in [0.15, 0.2) is 34.5 Å². The molecule has 324 valence electrons. The number of fused-ring (bicyclic) bond motifs is 3. The van der Waals surface area contributed by atoms with Gasteiger partial charge >= 0.3 is 0 Å². The first-order valence-electron chi connectivity index (χ1n) is 19.7. The van der Waals surface area contributed by atoms with Crippen LogP contribution in [0.3, 0.4) is 0 Å². The standard InChI is InChI=1S/C16H10Br2N2O2.C16H10Cl2N2O2.C16H11ClN2O2/c2*17-11-3-1-9(5-12(11)18)13-7-14(20-19-13)10-2-4-15-16(6-10)22-8-21-15;17-12-3-1-2-10(6-12)13-8-14(19-18-13)11-4-5-15-16(7-11)21-9-20-15/h2*1-7H,8H2,(H,19,20);1-8H,9H2,(H,18,19). The van der Waals surface area contributed by atoms with Crippen molar-refractivity contribution < 1.29 is 28.4 Å². The molecule has 0 atom stereocenters. The van der Waals surface area contributed by atoms with E-state index in [1.54, 1.807) is 12.1 Å². The number of rotatable bonds is 6. The van der Waals surface area contributed by atoms with Crippen molar-refractivity contribution in [2.24, 2.45) is 0 Å². The summed E-state index contributed by atoms with van der Waals surface area (Å²) in [6.07, 6.45) is 0. The number of aromatic amines is 3. The number of H-pyrrole nitrogens is 3. The van der Waals surface area contributed by atoms with Crippen molar-refractivity contribution in [1.82, 2.24) is 30.6 Å². The zero-order valence-corrected chi connectivity index (χ0v) is 38.9. The second-order valence-electron chi connectivity index (χ2n) is 14.5. The lowest BCUT2D eigenvalue weighted by Gasteiger charge is -2.00. The minimum absolute atomic E-state index is 0.260. The highest BCUT2D eigenvalue weighted by Gasteiger charge is 2.18. The van der Waals surface area contributed by atoms with Crippen LogP contribution in [0.1, 0.15) is 0 Å². The minimum atomic E-state index is 0.260. The number of ether oxygens (including phenoxy) is 6. The quantitative estimate of drug-likeness (QED) is 0.148. The SMILES string of the molecule is Brc1ccc(-c2cc(-c3ccc4c(c3)OCO4)[nH]n2)cc1Br.Clc1ccc(-c2cc(-c3ccc4c(c3)OCO4)[nH]n2)cc1Cl.Clc1cccc(-c2cc(-c3ccc4c(c3)OCO4)[nH]n2)c1. The van der Waals surface area contributed by atoms with Crippen molar-refractivity contribution in [3.63, 3.8) is 0 Å². The van der Waals surface area contributed by atoms with Crippen LogP contribution < -0.4 is 28.4 Å². The summed E-state index contributed by atoms with van der Waals surface area (Å²) >= 11 is 25.0. The second-order valence-corrected chi connectivity index (χ2v) is 17.4. The highest BCUT2D eigenvalue weighted by Crippen LogP contribution is 2.39. The fraction of sp³-hybridized carbons (Fsp3) is 0.0625. The number of benzene rings is 6. The molecular weight excluding hydrogens is 1020 g/mol. The van der Waals surface area contributed by atoms with E-state index in [1.807, 2.05) is 121 Å². The maximum atomic E-state index is 6.05. The molecule has 0 bridgehead atoms. The number of nitrogens with zero attached hydrogens (tertiary/aromatic N) is 3. The molecule has 0 spiro atoms. The molecule has 65 heavy (non-hydrogen) atoms. The Hall–Kier alpha value is -6.42. The average molecular weight is 1050 g/mol. The molecule has 3 aromatic heterocycles. The van der Waals surface area contributed by atoms with Crippen LogP contribution in [0, 0.1) is 0 Å². The maximum Gasteiger partial charge on any atom is 0.231 e. The first kappa shape index (κ1) is 42.5. The normalized spacial score (nSPS) is 12.6. The third-order valence-electron chi connectivity index (χ3n) is 10.3. The van der Waals surface area contributed by atoms with Gasteiger partial charge in [0.05, 0.1) is 44.2 Å². The van der Waals surface area contributed by atoms with Crippen molar-refractivity contribution in [1.29, 1.82) is 0 Å². The van der Waals surface area contributed by atoms with Crippen LogP contribution in [0.15, 0.2) is 142 Å². The van der Waals surface area contributed by atoms with Crippen LogP contribution in [0.2, 0.25) is 15.1 Å². The van der Waals surface area contributed by atoms with Gasteiger partial charge in [-0.25, -0.2) is 0 Å². The third kappa shape index (κ3) is 9.40. The van der Waals surface area contributed by atoms with Crippen molar-refractivity contribution >= 4 is 66.7 Å². The molecule has 6 heterocycles. The minimum Gasteiger partial charge on any atom is -0.454 e. The molecule has 3 aliphatic rings. The fourth-order valence-corrected chi connectivity index (χ4v) is 8.12. The lowest BCUT2D eigenvalue weighted by molar-refractivity contribution is 0.173. The Labute approximate surface area is 402 Å². The van der Waals surface area contributed by atoms with Gasteiger partial charge in [0.2, 0.25) is 20.4 Å². The molecule has 0 fully saturated rings.